The molecule has 0 aromatic heterocycles. The molecule has 0 radical (unpaired) electrons. The van der Waals surface area contributed by atoms with Crippen molar-refractivity contribution in [1.29, 1.82) is 0 Å². The van der Waals surface area contributed by atoms with E-state index < -0.39 is 17.1 Å². The molecule has 0 amide bonds. The highest BCUT2D eigenvalue weighted by molar-refractivity contribution is 6.04. The van der Waals surface area contributed by atoms with Crippen LogP contribution in [0.15, 0.2) is 0 Å². The number of rotatable bonds is 4. The third-order valence-corrected chi connectivity index (χ3v) is 3.64. The van der Waals surface area contributed by atoms with Gasteiger partial charge in [0, 0.05) is 0 Å². The highest BCUT2D eigenvalue weighted by Gasteiger charge is 2.38. The third-order valence-electron chi connectivity index (χ3n) is 3.64. The van der Waals surface area contributed by atoms with Crippen LogP contribution in [0.4, 0.5) is 0 Å². The maximum absolute atomic E-state index is 11.1. The van der Waals surface area contributed by atoms with Crippen LogP contribution in [0.1, 0.15) is 55.4 Å². The van der Waals surface area contributed by atoms with Crippen molar-refractivity contribution in [1.82, 2.24) is 0 Å². The lowest BCUT2D eigenvalue weighted by Gasteiger charge is -2.27. The standard InChI is InChI=1S/C9H16O2.C5H12O2/c1-6(2)9(5,7(3)10)8(4)11;1-4(6)5(2,3)7/h6H,1-5H3;4,6-7H,1-3H3. The molecule has 1 atom stereocenters. The molecule has 4 heteroatoms. The lowest BCUT2D eigenvalue weighted by Crippen LogP contribution is -2.38. The topological polar surface area (TPSA) is 74.6 Å². The summed E-state index contributed by atoms with van der Waals surface area (Å²) in [4.78, 5) is 22.3. The summed E-state index contributed by atoms with van der Waals surface area (Å²) in [5, 5.41) is 17.5. The smallest absolute Gasteiger partial charge is 0.143 e. The van der Waals surface area contributed by atoms with Gasteiger partial charge in [0.25, 0.3) is 0 Å². The van der Waals surface area contributed by atoms with Crippen LogP contribution in [0.2, 0.25) is 0 Å². The monoisotopic (exact) mass is 260 g/mol. The zero-order chi connectivity index (χ0) is 15.3. The van der Waals surface area contributed by atoms with Gasteiger partial charge >= 0.3 is 0 Å². The summed E-state index contributed by atoms with van der Waals surface area (Å²) in [5.41, 5.74) is -1.72. The van der Waals surface area contributed by atoms with Gasteiger partial charge in [-0.1, -0.05) is 13.8 Å². The molecule has 1 unspecified atom stereocenters. The van der Waals surface area contributed by atoms with E-state index in [0.717, 1.165) is 0 Å². The summed E-state index contributed by atoms with van der Waals surface area (Å²) < 4.78 is 0. The van der Waals surface area contributed by atoms with Crippen molar-refractivity contribution >= 4 is 11.6 Å². The first-order valence-electron chi connectivity index (χ1n) is 6.20. The Morgan fingerprint density at radius 3 is 1.17 bits per heavy atom. The number of Topliss-reactive ketones (excluding diaryl/α,β-unsaturated/α-hetero) is 2. The van der Waals surface area contributed by atoms with Crippen molar-refractivity contribution in [2.75, 3.05) is 0 Å². The molecule has 0 aliphatic heterocycles. The summed E-state index contributed by atoms with van der Waals surface area (Å²) in [7, 11) is 0. The van der Waals surface area contributed by atoms with Crippen LogP contribution in [0.3, 0.4) is 0 Å². The zero-order valence-corrected chi connectivity index (χ0v) is 12.9. The molecule has 4 nitrogen and oxygen atoms in total. The Morgan fingerprint density at radius 2 is 1.17 bits per heavy atom. The number of aliphatic hydroxyl groups is 2. The van der Waals surface area contributed by atoms with E-state index in [-0.39, 0.29) is 17.5 Å². The van der Waals surface area contributed by atoms with E-state index in [1.54, 1.807) is 27.7 Å². The number of hydrogen-bond donors (Lipinski definition) is 2. The molecule has 0 aromatic carbocycles. The second kappa shape index (κ2) is 7.00. The molecule has 0 rings (SSSR count). The van der Waals surface area contributed by atoms with Crippen LogP contribution < -0.4 is 0 Å². The molecule has 0 fully saturated rings. The Bertz CT molecular complexity index is 271. The predicted molar refractivity (Wildman–Crippen MR) is 72.3 cm³/mol. The zero-order valence-electron chi connectivity index (χ0n) is 12.9. The third kappa shape index (κ3) is 5.74. The molecule has 0 heterocycles. The molecule has 0 spiro atoms. The van der Waals surface area contributed by atoms with Crippen molar-refractivity contribution in [3.05, 3.63) is 0 Å². The van der Waals surface area contributed by atoms with Crippen LogP contribution in [0.5, 0.6) is 0 Å². The molecular formula is C14H28O4. The minimum atomic E-state index is -0.944. The van der Waals surface area contributed by atoms with Gasteiger partial charge in [0.1, 0.15) is 11.6 Å². The van der Waals surface area contributed by atoms with Crippen molar-refractivity contribution in [2.24, 2.45) is 11.3 Å². The first-order valence-corrected chi connectivity index (χ1v) is 6.20. The number of aliphatic hydroxyl groups excluding tert-OH is 1. The second-order valence-electron chi connectivity index (χ2n) is 5.80. The molecule has 0 bridgehead atoms. The lowest BCUT2D eigenvalue weighted by atomic mass is 9.73. The van der Waals surface area contributed by atoms with Gasteiger partial charge < -0.3 is 10.2 Å². The summed E-state index contributed by atoms with van der Waals surface area (Å²) in [6, 6.07) is 0. The Hall–Kier alpha value is -0.740. The fourth-order valence-electron chi connectivity index (χ4n) is 1.06. The molecule has 18 heavy (non-hydrogen) atoms. The van der Waals surface area contributed by atoms with Gasteiger partial charge in [-0.15, -0.1) is 0 Å². The number of hydrogen-bond acceptors (Lipinski definition) is 4. The minimum Gasteiger partial charge on any atom is -0.390 e. The minimum absolute atomic E-state index is 0.0417. The molecule has 108 valence electrons. The van der Waals surface area contributed by atoms with Crippen LogP contribution in [-0.2, 0) is 9.59 Å². The average molecular weight is 260 g/mol. The van der Waals surface area contributed by atoms with Crippen molar-refractivity contribution in [3.8, 4) is 0 Å². The molecule has 0 saturated carbocycles. The summed E-state index contributed by atoms with van der Waals surface area (Å²) in [6.07, 6.45) is -0.646. The van der Waals surface area contributed by atoms with Gasteiger partial charge in [-0.05, 0) is 47.5 Å². The number of carbonyl (C=O) groups excluding carboxylic acids is 2. The Morgan fingerprint density at radius 1 is 0.944 bits per heavy atom. The normalized spacial score (nSPS) is 13.7. The van der Waals surface area contributed by atoms with Crippen LogP contribution >= 0.6 is 0 Å². The second-order valence-corrected chi connectivity index (χ2v) is 5.80. The Kier molecular flexibility index (Phi) is 7.62. The Labute approximate surface area is 110 Å². The number of ketones is 2. The van der Waals surface area contributed by atoms with E-state index in [0.29, 0.717) is 0 Å². The van der Waals surface area contributed by atoms with E-state index >= 15 is 0 Å². The van der Waals surface area contributed by atoms with Crippen molar-refractivity contribution < 1.29 is 19.8 Å². The Balaban J connectivity index is 0. The van der Waals surface area contributed by atoms with E-state index in [1.165, 1.54) is 13.8 Å². The highest BCUT2D eigenvalue weighted by atomic mass is 16.3. The predicted octanol–water partition coefficient (Wildman–Crippen LogP) is 1.96. The van der Waals surface area contributed by atoms with Gasteiger partial charge in [-0.3, -0.25) is 9.59 Å². The highest BCUT2D eigenvalue weighted by Crippen LogP contribution is 2.28. The first kappa shape index (κ1) is 19.6. The van der Waals surface area contributed by atoms with E-state index in [4.69, 9.17) is 10.2 Å². The van der Waals surface area contributed by atoms with Gasteiger partial charge in [-0.25, -0.2) is 0 Å². The van der Waals surface area contributed by atoms with E-state index in [1.807, 2.05) is 13.8 Å². The van der Waals surface area contributed by atoms with Gasteiger partial charge in [0.15, 0.2) is 0 Å². The number of carbonyl (C=O) groups is 2. The van der Waals surface area contributed by atoms with Crippen molar-refractivity contribution in [3.63, 3.8) is 0 Å². The fourth-order valence-corrected chi connectivity index (χ4v) is 1.06. The lowest BCUT2D eigenvalue weighted by molar-refractivity contribution is -0.140. The van der Waals surface area contributed by atoms with E-state index in [2.05, 4.69) is 0 Å². The first-order chi connectivity index (χ1) is 7.77. The molecule has 2 N–H and O–H groups in total. The van der Waals surface area contributed by atoms with E-state index in [9.17, 15) is 9.59 Å². The maximum atomic E-state index is 11.1. The van der Waals surface area contributed by atoms with Crippen LogP contribution in [0.25, 0.3) is 0 Å². The SMILES string of the molecule is CC(=O)C(C)(C(C)=O)C(C)C.CC(O)C(C)(C)O. The van der Waals surface area contributed by atoms with Crippen molar-refractivity contribution in [2.45, 2.75) is 67.1 Å². The average Bonchev–Trinajstić information content (AvgIpc) is 2.14. The quantitative estimate of drug-likeness (QED) is 0.758. The van der Waals surface area contributed by atoms with Gasteiger partial charge in [-0.2, -0.15) is 0 Å². The summed E-state index contributed by atoms with van der Waals surface area (Å²) in [5.74, 6) is -0.00231. The van der Waals surface area contributed by atoms with Crippen LogP contribution in [-0.4, -0.2) is 33.5 Å². The fraction of sp³-hybridized carbons (Fsp3) is 0.857. The molecule has 0 aliphatic carbocycles. The summed E-state index contributed by atoms with van der Waals surface area (Å²) in [6.45, 7) is 13.1. The van der Waals surface area contributed by atoms with Gasteiger partial charge in [0.2, 0.25) is 0 Å². The molecule has 0 saturated heterocycles. The largest absolute Gasteiger partial charge is 0.390 e. The van der Waals surface area contributed by atoms with Gasteiger partial charge in [0.05, 0.1) is 17.1 Å². The molecule has 0 aromatic rings. The van der Waals surface area contributed by atoms with Crippen LogP contribution in [0, 0.1) is 11.3 Å². The molecule has 0 aliphatic rings. The summed E-state index contributed by atoms with van der Waals surface area (Å²) >= 11 is 0. The molecular weight excluding hydrogens is 232 g/mol. The maximum Gasteiger partial charge on any atom is 0.143 e.